The minimum Gasteiger partial charge on any atom is -0.493 e. The van der Waals surface area contributed by atoms with Gasteiger partial charge in [0.1, 0.15) is 42.8 Å². The first-order valence-electron chi connectivity index (χ1n) is 18.1. The highest BCUT2D eigenvalue weighted by atomic mass is 33.1. The Bertz CT molecular complexity index is 2240. The summed E-state index contributed by atoms with van der Waals surface area (Å²) in [5, 5.41) is 21.6. The van der Waals surface area contributed by atoms with Gasteiger partial charge < -0.3 is 37.9 Å². The van der Waals surface area contributed by atoms with Gasteiger partial charge in [-0.2, -0.15) is 10.5 Å². The second-order valence-electron chi connectivity index (χ2n) is 12.2. The van der Waals surface area contributed by atoms with Crippen molar-refractivity contribution in [3.63, 3.8) is 0 Å². The van der Waals surface area contributed by atoms with Crippen molar-refractivity contribution in [2.24, 2.45) is 0 Å². The number of nitrogens with zero attached hydrogens (tertiary/aromatic N) is 2. The van der Waals surface area contributed by atoms with Crippen LogP contribution in [0.2, 0.25) is 0 Å². The average Bonchev–Trinajstić information content (AvgIpc) is 3.26. The Hall–Kier alpha value is -6.68. The summed E-state index contributed by atoms with van der Waals surface area (Å²) in [6.45, 7) is 0.284. The molecule has 0 bridgehead atoms. The van der Waals surface area contributed by atoms with E-state index in [4.69, 9.17) is 37.9 Å². The minimum atomic E-state index is -0.869. The number of benzene rings is 4. The number of anilines is 1. The van der Waals surface area contributed by atoms with Gasteiger partial charge in [-0.25, -0.2) is 9.59 Å². The van der Waals surface area contributed by atoms with Crippen LogP contribution in [0.4, 0.5) is 15.3 Å². The molecule has 1 heterocycles. The lowest BCUT2D eigenvalue weighted by molar-refractivity contribution is 0.104. The van der Waals surface area contributed by atoms with Crippen LogP contribution in [0.1, 0.15) is 28.7 Å². The van der Waals surface area contributed by atoms with Crippen LogP contribution >= 0.6 is 21.6 Å². The van der Waals surface area contributed by atoms with Crippen molar-refractivity contribution in [2.75, 3.05) is 58.5 Å². The van der Waals surface area contributed by atoms with Crippen molar-refractivity contribution in [3.8, 4) is 46.6 Å². The zero-order valence-corrected chi connectivity index (χ0v) is 34.4. The Morgan fingerprint density at radius 1 is 0.746 bits per heavy atom. The molecule has 0 saturated heterocycles. The van der Waals surface area contributed by atoms with E-state index in [1.807, 2.05) is 91.0 Å². The molecule has 0 spiro atoms. The summed E-state index contributed by atoms with van der Waals surface area (Å²) in [6, 6.07) is 27.3. The maximum absolute atomic E-state index is 12.5. The van der Waals surface area contributed by atoms with Crippen LogP contribution in [-0.4, -0.2) is 71.5 Å². The van der Waals surface area contributed by atoms with E-state index in [1.165, 1.54) is 28.7 Å². The highest BCUT2D eigenvalue weighted by molar-refractivity contribution is 8.76. The number of fused-ring (bicyclic) bond motifs is 1. The molecule has 5 rings (SSSR count). The van der Waals surface area contributed by atoms with Crippen molar-refractivity contribution in [1.29, 1.82) is 10.5 Å². The monoisotopic (exact) mass is 835 g/mol. The minimum absolute atomic E-state index is 0.0744. The summed E-state index contributed by atoms with van der Waals surface area (Å²) in [5.41, 5.74) is 4.47. The number of hydrogen-bond acceptors (Lipinski definition) is 14. The van der Waals surface area contributed by atoms with Gasteiger partial charge in [0.25, 0.3) is 0 Å². The van der Waals surface area contributed by atoms with Crippen LogP contribution in [0.5, 0.6) is 34.5 Å². The molecule has 0 fully saturated rings. The average molecular weight is 836 g/mol. The summed E-state index contributed by atoms with van der Waals surface area (Å²) in [5.74, 6) is 3.73. The lowest BCUT2D eigenvalue weighted by Crippen LogP contribution is -2.20. The van der Waals surface area contributed by atoms with Gasteiger partial charge in [-0.15, -0.1) is 0 Å². The molecule has 4 aromatic carbocycles. The van der Waals surface area contributed by atoms with Crippen molar-refractivity contribution < 1.29 is 47.5 Å². The number of methoxy groups -OCH3 is 4. The van der Waals surface area contributed by atoms with Crippen molar-refractivity contribution in [3.05, 3.63) is 113 Å². The van der Waals surface area contributed by atoms with Crippen LogP contribution in [0.25, 0.3) is 23.8 Å². The first-order valence-corrected chi connectivity index (χ1v) is 20.5. The van der Waals surface area contributed by atoms with Crippen LogP contribution in [0.3, 0.4) is 0 Å². The van der Waals surface area contributed by atoms with E-state index in [2.05, 4.69) is 5.32 Å². The summed E-state index contributed by atoms with van der Waals surface area (Å²) in [7, 11) is 9.05. The zero-order valence-electron chi connectivity index (χ0n) is 32.7. The number of nitrogens with one attached hydrogen (secondary N) is 1. The fraction of sp³-hybridized carbons (Fsp3) is 0.227. The standard InChI is InChI=1S/C44H41N3O10S2/c1-50-38-18-14-30(9-10-31-24-40(51-2)42(53-4)41(25-31)52-3)23-39(38)57-44(49)55-20-22-59-58-21-19-54-43(48)47-33-15-11-29(12-16-33)13-17-34-26-36(32(27-45)28-46)35-7-5-6-8-37(35)56-34/h5-18,23-25,34H,19-22,26H2,1-4H3,(H,47,48)/b10-9-,17-13+. The molecule has 0 radical (unpaired) electrons. The third kappa shape index (κ3) is 12.4. The zero-order chi connectivity index (χ0) is 42.0. The number of rotatable bonds is 17. The Labute approximate surface area is 350 Å². The molecular formula is C44H41N3O10S2. The number of carbonyl (C=O) groups is 2. The topological polar surface area (TPSA) is 168 Å². The molecule has 1 unspecified atom stereocenters. The first-order chi connectivity index (χ1) is 28.8. The van der Waals surface area contributed by atoms with Crippen LogP contribution in [0, 0.1) is 22.7 Å². The van der Waals surface area contributed by atoms with Crippen molar-refractivity contribution >= 4 is 63.3 Å². The quantitative estimate of drug-likeness (QED) is 0.0266. The molecule has 0 aliphatic carbocycles. The van der Waals surface area contributed by atoms with Crippen LogP contribution < -0.4 is 33.7 Å². The summed E-state index contributed by atoms with van der Waals surface area (Å²) >= 11 is 0. The van der Waals surface area contributed by atoms with Crippen molar-refractivity contribution in [1.82, 2.24) is 0 Å². The number of amides is 1. The molecule has 13 nitrogen and oxygen atoms in total. The molecule has 4 aromatic rings. The molecular weight excluding hydrogens is 795 g/mol. The molecule has 1 atom stereocenters. The van der Waals surface area contributed by atoms with E-state index in [9.17, 15) is 20.1 Å². The predicted octanol–water partition coefficient (Wildman–Crippen LogP) is 9.70. The van der Waals surface area contributed by atoms with E-state index in [-0.39, 0.29) is 30.6 Å². The first kappa shape index (κ1) is 43.4. The molecule has 1 N–H and O–H groups in total. The third-order valence-electron chi connectivity index (χ3n) is 8.49. The molecule has 0 saturated carbocycles. The van der Waals surface area contributed by atoms with E-state index < -0.39 is 12.2 Å². The SMILES string of the molecule is COc1ccc(/C=C\c2cc(OC)c(OC)c(OC)c2)cc1OC(=O)OCCSSCCOC(=O)Nc1ccc(/C=C/C2CC(=C(C#N)C#N)c3ccccc3O2)cc1. The number of para-hydroxylation sites is 1. The van der Waals surface area contributed by atoms with E-state index >= 15 is 0 Å². The molecule has 0 aromatic heterocycles. The maximum Gasteiger partial charge on any atom is 0.514 e. The number of carbonyl (C=O) groups excluding carboxylic acids is 2. The molecule has 15 heteroatoms. The van der Waals surface area contributed by atoms with Gasteiger partial charge >= 0.3 is 12.2 Å². The highest BCUT2D eigenvalue weighted by Gasteiger charge is 2.24. The van der Waals surface area contributed by atoms with Gasteiger partial charge in [0, 0.05) is 29.2 Å². The van der Waals surface area contributed by atoms with Gasteiger partial charge in [0.05, 0.1) is 28.4 Å². The van der Waals surface area contributed by atoms with Crippen LogP contribution in [0.15, 0.2) is 90.5 Å². The van der Waals surface area contributed by atoms with E-state index in [0.717, 1.165) is 22.3 Å². The van der Waals surface area contributed by atoms with Gasteiger partial charge in [0.15, 0.2) is 23.0 Å². The summed E-state index contributed by atoms with van der Waals surface area (Å²) < 4.78 is 43.7. The Kier molecular flexibility index (Phi) is 16.4. The third-order valence-corrected chi connectivity index (χ3v) is 10.8. The van der Waals surface area contributed by atoms with Crippen molar-refractivity contribution in [2.45, 2.75) is 12.5 Å². The number of allylic oxidation sites excluding steroid dienone is 1. The molecule has 304 valence electrons. The van der Waals surface area contributed by atoms with E-state index in [0.29, 0.717) is 57.9 Å². The number of nitriles is 2. The smallest absolute Gasteiger partial charge is 0.493 e. The van der Waals surface area contributed by atoms with Gasteiger partial charge in [-0.3, -0.25) is 5.32 Å². The molecule has 1 aliphatic heterocycles. The maximum atomic E-state index is 12.5. The second kappa shape index (κ2) is 22.3. The fourth-order valence-electron chi connectivity index (χ4n) is 5.72. The van der Waals surface area contributed by atoms with Gasteiger partial charge in [-0.1, -0.05) is 76.2 Å². The predicted molar refractivity (Wildman–Crippen MR) is 229 cm³/mol. The highest BCUT2D eigenvalue weighted by Crippen LogP contribution is 2.40. The largest absolute Gasteiger partial charge is 0.514 e. The fourth-order valence-corrected chi connectivity index (χ4v) is 7.37. The van der Waals surface area contributed by atoms with Gasteiger partial charge in [0.2, 0.25) is 5.75 Å². The van der Waals surface area contributed by atoms with Crippen LogP contribution in [-0.2, 0) is 9.47 Å². The lowest BCUT2D eigenvalue weighted by atomic mass is 9.92. The molecule has 1 amide bonds. The Morgan fingerprint density at radius 2 is 1.37 bits per heavy atom. The van der Waals surface area contributed by atoms with Gasteiger partial charge in [-0.05, 0) is 70.8 Å². The van der Waals surface area contributed by atoms with E-state index in [1.54, 1.807) is 45.6 Å². The lowest BCUT2D eigenvalue weighted by Gasteiger charge is -2.26. The number of hydrogen-bond donors (Lipinski definition) is 1. The summed E-state index contributed by atoms with van der Waals surface area (Å²) in [4.78, 5) is 24.8. The Balaban J connectivity index is 0.984. The number of ether oxygens (including phenoxy) is 8. The Morgan fingerprint density at radius 3 is 2.03 bits per heavy atom. The second-order valence-corrected chi connectivity index (χ2v) is 14.9. The summed E-state index contributed by atoms with van der Waals surface area (Å²) in [6.07, 6.45) is 6.04. The molecule has 1 aliphatic rings. The normalized spacial score (nSPS) is 13.0. The molecule has 59 heavy (non-hydrogen) atoms.